The molecule has 0 saturated carbocycles. The Bertz CT molecular complexity index is 568. The van der Waals surface area contributed by atoms with E-state index < -0.39 is 0 Å². The van der Waals surface area contributed by atoms with E-state index in [4.69, 9.17) is 4.74 Å². The van der Waals surface area contributed by atoms with Gasteiger partial charge in [0.2, 0.25) is 5.91 Å². The summed E-state index contributed by atoms with van der Waals surface area (Å²) in [5, 5.41) is 14.9. The summed E-state index contributed by atoms with van der Waals surface area (Å²) in [4.78, 5) is 16.8. The average Bonchev–Trinajstić information content (AvgIpc) is 2.77. The normalized spacial score (nSPS) is 26.4. The summed E-state index contributed by atoms with van der Waals surface area (Å²) >= 11 is 0. The van der Waals surface area contributed by atoms with Gasteiger partial charge in [-0.15, -0.1) is 0 Å². The number of aryl methyl sites for hydroxylation is 2. The monoisotopic (exact) mass is 336 g/mol. The molecule has 0 aliphatic carbocycles. The number of aromatic nitrogens is 2. The fraction of sp³-hybridized carbons (Fsp3) is 0.765. The van der Waals surface area contributed by atoms with E-state index in [-0.39, 0.29) is 24.6 Å². The number of aliphatic hydroxyl groups is 1. The van der Waals surface area contributed by atoms with Crippen molar-refractivity contribution in [1.82, 2.24) is 19.6 Å². The van der Waals surface area contributed by atoms with E-state index in [1.807, 2.05) is 24.8 Å². The van der Waals surface area contributed by atoms with Gasteiger partial charge in [-0.3, -0.25) is 14.4 Å². The summed E-state index contributed by atoms with van der Waals surface area (Å²) in [7, 11) is 0. The lowest BCUT2D eigenvalue weighted by Crippen LogP contribution is -2.49. The molecule has 2 fully saturated rings. The maximum Gasteiger partial charge on any atom is 0.244 e. The molecule has 0 aromatic carbocycles. The first kappa shape index (κ1) is 17.4. The van der Waals surface area contributed by atoms with E-state index in [9.17, 15) is 9.90 Å². The summed E-state index contributed by atoms with van der Waals surface area (Å²) in [6.45, 7) is 8.66. The molecule has 3 heterocycles. The van der Waals surface area contributed by atoms with Gasteiger partial charge >= 0.3 is 0 Å². The van der Waals surface area contributed by atoms with Crippen molar-refractivity contribution < 1.29 is 14.6 Å². The van der Waals surface area contributed by atoms with E-state index in [2.05, 4.69) is 10.00 Å². The molecule has 0 bridgehead atoms. The van der Waals surface area contributed by atoms with Crippen molar-refractivity contribution in [3.8, 4) is 0 Å². The van der Waals surface area contributed by atoms with Gasteiger partial charge in [-0.2, -0.15) is 5.10 Å². The average molecular weight is 336 g/mol. The largest absolute Gasteiger partial charge is 0.391 e. The van der Waals surface area contributed by atoms with Crippen LogP contribution in [0.2, 0.25) is 0 Å². The highest BCUT2D eigenvalue weighted by Gasteiger charge is 2.31. The molecule has 2 atom stereocenters. The molecule has 2 saturated heterocycles. The molecule has 0 unspecified atom stereocenters. The predicted octanol–water partition coefficient (Wildman–Crippen LogP) is 0.184. The second-order valence-electron chi connectivity index (χ2n) is 6.83. The minimum atomic E-state index is -0.380. The molecular formula is C17H28N4O3. The molecule has 2 aliphatic rings. The van der Waals surface area contributed by atoms with E-state index in [1.165, 1.54) is 0 Å². The van der Waals surface area contributed by atoms with Crippen LogP contribution in [0.1, 0.15) is 24.2 Å². The third kappa shape index (κ3) is 3.96. The first-order chi connectivity index (χ1) is 11.5. The third-order valence-corrected chi connectivity index (χ3v) is 5.09. The first-order valence-corrected chi connectivity index (χ1v) is 8.83. The van der Waals surface area contributed by atoms with Gasteiger partial charge in [-0.05, 0) is 32.8 Å². The Hall–Kier alpha value is -1.44. The minimum Gasteiger partial charge on any atom is -0.391 e. The number of ether oxygens (including phenoxy) is 1. The Labute approximate surface area is 143 Å². The van der Waals surface area contributed by atoms with Crippen LogP contribution < -0.4 is 0 Å². The van der Waals surface area contributed by atoms with Crippen molar-refractivity contribution in [3.05, 3.63) is 17.5 Å². The van der Waals surface area contributed by atoms with Gasteiger partial charge in [-0.25, -0.2) is 0 Å². The second kappa shape index (κ2) is 7.63. The molecule has 3 rings (SSSR count). The van der Waals surface area contributed by atoms with Gasteiger partial charge in [0.15, 0.2) is 0 Å². The second-order valence-corrected chi connectivity index (χ2v) is 6.83. The highest BCUT2D eigenvalue weighted by atomic mass is 16.5. The number of amides is 1. The lowest BCUT2D eigenvalue weighted by atomic mass is 10.0. The van der Waals surface area contributed by atoms with Crippen LogP contribution in [0, 0.1) is 13.8 Å². The molecule has 0 spiro atoms. The van der Waals surface area contributed by atoms with Gasteiger partial charge in [0.1, 0.15) is 6.54 Å². The molecule has 2 aliphatic heterocycles. The number of morpholine rings is 1. The van der Waals surface area contributed by atoms with Crippen molar-refractivity contribution in [3.63, 3.8) is 0 Å². The quantitative estimate of drug-likeness (QED) is 0.853. The summed E-state index contributed by atoms with van der Waals surface area (Å²) in [6.07, 6.45) is 1.06. The molecule has 7 heteroatoms. The third-order valence-electron chi connectivity index (χ3n) is 5.09. The zero-order chi connectivity index (χ0) is 17.1. The standard InChI is InChI=1S/C17H28N4O3/c1-13-11-14(2)21(18-13)12-17(23)20-5-3-15(16(22)4-6-20)19-7-9-24-10-8-19/h11,15-16,22H,3-10,12H2,1-2H3/t15-,16-/m0/s1. The number of carbonyl (C=O) groups is 1. The summed E-state index contributed by atoms with van der Waals surface area (Å²) in [6, 6.07) is 2.11. The zero-order valence-electron chi connectivity index (χ0n) is 14.6. The zero-order valence-corrected chi connectivity index (χ0v) is 14.6. The topological polar surface area (TPSA) is 70.8 Å². The van der Waals surface area contributed by atoms with Crippen molar-refractivity contribution in [2.24, 2.45) is 0 Å². The Morgan fingerprint density at radius 3 is 2.62 bits per heavy atom. The van der Waals surface area contributed by atoms with Gasteiger partial charge in [0.05, 0.1) is 25.0 Å². The highest BCUT2D eigenvalue weighted by molar-refractivity contribution is 5.76. The Morgan fingerprint density at radius 1 is 1.25 bits per heavy atom. The van der Waals surface area contributed by atoms with Gasteiger partial charge in [-0.1, -0.05) is 0 Å². The molecule has 1 amide bonds. The molecule has 1 aromatic rings. The Balaban J connectivity index is 1.59. The molecule has 24 heavy (non-hydrogen) atoms. The number of aliphatic hydroxyl groups excluding tert-OH is 1. The number of likely N-dealkylation sites (tertiary alicyclic amines) is 1. The van der Waals surface area contributed by atoms with Crippen LogP contribution in [0.15, 0.2) is 6.07 Å². The SMILES string of the molecule is Cc1cc(C)n(CC(=O)N2CC[C@H](O)[C@@H](N3CCOCC3)CC2)n1. The van der Waals surface area contributed by atoms with Crippen molar-refractivity contribution >= 4 is 5.91 Å². The number of rotatable bonds is 3. The van der Waals surface area contributed by atoms with Crippen LogP contribution in [0.5, 0.6) is 0 Å². The fourth-order valence-corrected chi connectivity index (χ4v) is 3.72. The van der Waals surface area contributed by atoms with Gasteiger partial charge < -0.3 is 14.7 Å². The maximum atomic E-state index is 12.6. The van der Waals surface area contributed by atoms with Crippen LogP contribution in [0.25, 0.3) is 0 Å². The first-order valence-electron chi connectivity index (χ1n) is 8.83. The van der Waals surface area contributed by atoms with E-state index in [1.54, 1.807) is 4.68 Å². The van der Waals surface area contributed by atoms with E-state index in [0.29, 0.717) is 19.5 Å². The molecule has 134 valence electrons. The lowest BCUT2D eigenvalue weighted by molar-refractivity contribution is -0.132. The predicted molar refractivity (Wildman–Crippen MR) is 89.7 cm³/mol. The van der Waals surface area contributed by atoms with Crippen LogP contribution in [0.4, 0.5) is 0 Å². The fourth-order valence-electron chi connectivity index (χ4n) is 3.72. The minimum absolute atomic E-state index is 0.0797. The molecule has 1 N–H and O–H groups in total. The summed E-state index contributed by atoms with van der Waals surface area (Å²) < 4.78 is 7.16. The van der Waals surface area contributed by atoms with Crippen LogP contribution >= 0.6 is 0 Å². The molecular weight excluding hydrogens is 308 g/mol. The van der Waals surface area contributed by atoms with Crippen molar-refractivity contribution in [2.45, 2.75) is 45.4 Å². The smallest absolute Gasteiger partial charge is 0.244 e. The van der Waals surface area contributed by atoms with Crippen molar-refractivity contribution in [1.29, 1.82) is 0 Å². The Morgan fingerprint density at radius 2 is 1.96 bits per heavy atom. The van der Waals surface area contributed by atoms with Crippen LogP contribution in [0.3, 0.4) is 0 Å². The number of hydrogen-bond acceptors (Lipinski definition) is 5. The number of hydrogen-bond donors (Lipinski definition) is 1. The summed E-state index contributed by atoms with van der Waals surface area (Å²) in [5.41, 5.74) is 1.93. The van der Waals surface area contributed by atoms with Gasteiger partial charge in [0, 0.05) is 37.9 Å². The van der Waals surface area contributed by atoms with Crippen molar-refractivity contribution in [2.75, 3.05) is 39.4 Å². The molecule has 0 radical (unpaired) electrons. The van der Waals surface area contributed by atoms with E-state index in [0.717, 1.165) is 44.1 Å². The van der Waals surface area contributed by atoms with Gasteiger partial charge in [0.25, 0.3) is 0 Å². The Kier molecular flexibility index (Phi) is 5.53. The highest BCUT2D eigenvalue weighted by Crippen LogP contribution is 2.19. The van der Waals surface area contributed by atoms with Crippen LogP contribution in [-0.4, -0.2) is 82.1 Å². The maximum absolute atomic E-state index is 12.6. The number of carbonyl (C=O) groups excluding carboxylic acids is 1. The lowest BCUT2D eigenvalue weighted by Gasteiger charge is -2.36. The molecule has 1 aromatic heterocycles. The number of nitrogens with zero attached hydrogens (tertiary/aromatic N) is 4. The van der Waals surface area contributed by atoms with E-state index >= 15 is 0 Å². The molecule has 7 nitrogen and oxygen atoms in total. The summed E-state index contributed by atoms with van der Waals surface area (Å²) in [5.74, 6) is 0.0797. The van der Waals surface area contributed by atoms with Crippen LogP contribution in [-0.2, 0) is 16.1 Å².